The standard InChI is InChI=1S/C25H33N3O4/c1-4-25(30)28(21-9-6-14-26-17-21)20-8-5-7-18(15-20)10-13-24(29)27-19-11-12-22(31-2)23(16-19)32-3/h5,7-8,11-12,15-16,21,26H,4,6,9-10,13-14,17H2,1-3H3,(H,27,29). The summed E-state index contributed by atoms with van der Waals surface area (Å²) in [7, 11) is 3.14. The number of ether oxygens (including phenoxy) is 2. The Morgan fingerprint density at radius 3 is 2.62 bits per heavy atom. The Labute approximate surface area is 190 Å². The van der Waals surface area contributed by atoms with Gasteiger partial charge in [0, 0.05) is 42.9 Å². The predicted molar refractivity (Wildman–Crippen MR) is 127 cm³/mol. The summed E-state index contributed by atoms with van der Waals surface area (Å²) >= 11 is 0. The van der Waals surface area contributed by atoms with Gasteiger partial charge in [-0.3, -0.25) is 9.59 Å². The van der Waals surface area contributed by atoms with E-state index in [1.54, 1.807) is 32.4 Å². The maximum atomic E-state index is 12.7. The number of nitrogens with zero attached hydrogens (tertiary/aromatic N) is 1. The van der Waals surface area contributed by atoms with Crippen molar-refractivity contribution in [2.75, 3.05) is 37.5 Å². The number of carbonyl (C=O) groups is 2. The zero-order valence-corrected chi connectivity index (χ0v) is 19.1. The molecule has 1 aliphatic heterocycles. The molecule has 1 heterocycles. The van der Waals surface area contributed by atoms with Gasteiger partial charge in [0.2, 0.25) is 11.8 Å². The minimum absolute atomic E-state index is 0.0828. The number of rotatable bonds is 9. The van der Waals surface area contributed by atoms with Crippen LogP contribution in [0.1, 0.15) is 38.2 Å². The van der Waals surface area contributed by atoms with Crippen molar-refractivity contribution in [3.63, 3.8) is 0 Å². The first-order valence-electron chi connectivity index (χ1n) is 11.2. The highest BCUT2D eigenvalue weighted by atomic mass is 16.5. The van der Waals surface area contributed by atoms with Crippen molar-refractivity contribution in [1.82, 2.24) is 5.32 Å². The highest BCUT2D eigenvalue weighted by Gasteiger charge is 2.26. The van der Waals surface area contributed by atoms with Gasteiger partial charge in [0.25, 0.3) is 0 Å². The van der Waals surface area contributed by atoms with Crippen molar-refractivity contribution in [2.45, 2.75) is 45.1 Å². The second-order valence-electron chi connectivity index (χ2n) is 7.91. The van der Waals surface area contributed by atoms with Gasteiger partial charge in [-0.1, -0.05) is 19.1 Å². The summed E-state index contributed by atoms with van der Waals surface area (Å²) in [5.41, 5.74) is 2.59. The van der Waals surface area contributed by atoms with Gasteiger partial charge in [-0.2, -0.15) is 0 Å². The third-order valence-electron chi connectivity index (χ3n) is 5.70. The van der Waals surface area contributed by atoms with Crippen LogP contribution >= 0.6 is 0 Å². The largest absolute Gasteiger partial charge is 0.493 e. The minimum Gasteiger partial charge on any atom is -0.493 e. The average molecular weight is 440 g/mol. The van der Waals surface area contributed by atoms with E-state index in [9.17, 15) is 9.59 Å². The minimum atomic E-state index is -0.0828. The SMILES string of the molecule is CCC(=O)N(c1cccc(CCC(=O)Nc2ccc(OC)c(OC)c2)c1)C1CCCNC1. The lowest BCUT2D eigenvalue weighted by Gasteiger charge is -2.35. The van der Waals surface area contributed by atoms with E-state index in [1.165, 1.54) is 0 Å². The molecule has 2 aromatic rings. The van der Waals surface area contributed by atoms with Gasteiger partial charge < -0.3 is 25.0 Å². The van der Waals surface area contributed by atoms with Gasteiger partial charge in [-0.05, 0) is 55.6 Å². The molecule has 1 fully saturated rings. The Bertz CT molecular complexity index is 925. The van der Waals surface area contributed by atoms with Gasteiger partial charge in [0.1, 0.15) is 0 Å². The van der Waals surface area contributed by atoms with Crippen LogP contribution in [0.2, 0.25) is 0 Å². The normalized spacial score (nSPS) is 15.7. The smallest absolute Gasteiger partial charge is 0.227 e. The first-order valence-corrected chi connectivity index (χ1v) is 11.2. The third-order valence-corrected chi connectivity index (χ3v) is 5.70. The zero-order valence-electron chi connectivity index (χ0n) is 19.1. The number of nitrogens with one attached hydrogen (secondary N) is 2. The molecule has 2 amide bonds. The average Bonchev–Trinajstić information content (AvgIpc) is 2.83. The Morgan fingerprint density at radius 1 is 1.12 bits per heavy atom. The fraction of sp³-hybridized carbons (Fsp3) is 0.440. The summed E-state index contributed by atoms with van der Waals surface area (Å²) in [6.45, 7) is 3.71. The van der Waals surface area contributed by atoms with Crippen molar-refractivity contribution in [2.24, 2.45) is 0 Å². The molecule has 0 radical (unpaired) electrons. The molecule has 1 atom stereocenters. The Balaban J connectivity index is 1.65. The van der Waals surface area contributed by atoms with Crippen molar-refractivity contribution < 1.29 is 19.1 Å². The Hall–Kier alpha value is -3.06. The second-order valence-corrected chi connectivity index (χ2v) is 7.91. The molecule has 0 aromatic heterocycles. The van der Waals surface area contributed by atoms with Crippen LogP contribution in [0.3, 0.4) is 0 Å². The molecule has 1 aliphatic rings. The Kier molecular flexibility index (Phi) is 8.50. The number of hydrogen-bond acceptors (Lipinski definition) is 5. The molecule has 0 aliphatic carbocycles. The number of aryl methyl sites for hydroxylation is 1. The molecular weight excluding hydrogens is 406 g/mol. The van der Waals surface area contributed by atoms with Crippen LogP contribution in [-0.4, -0.2) is 45.2 Å². The van der Waals surface area contributed by atoms with Crippen LogP contribution in [0.15, 0.2) is 42.5 Å². The summed E-state index contributed by atoms with van der Waals surface area (Å²) in [6, 6.07) is 13.4. The zero-order chi connectivity index (χ0) is 22.9. The van der Waals surface area contributed by atoms with Crippen LogP contribution in [0.5, 0.6) is 11.5 Å². The highest BCUT2D eigenvalue weighted by molar-refractivity contribution is 5.94. The summed E-state index contributed by atoms with van der Waals surface area (Å²) in [6.07, 6.45) is 3.45. The van der Waals surface area contributed by atoms with E-state index in [2.05, 4.69) is 10.6 Å². The lowest BCUT2D eigenvalue weighted by atomic mass is 10.0. The number of hydrogen-bond donors (Lipinski definition) is 2. The van der Waals surface area contributed by atoms with Gasteiger partial charge in [-0.15, -0.1) is 0 Å². The van der Waals surface area contributed by atoms with Crippen molar-refractivity contribution >= 4 is 23.2 Å². The number of amides is 2. The van der Waals surface area contributed by atoms with E-state index < -0.39 is 0 Å². The summed E-state index contributed by atoms with van der Waals surface area (Å²) in [5, 5.41) is 6.30. The number of piperidine rings is 1. The van der Waals surface area contributed by atoms with E-state index in [-0.39, 0.29) is 17.9 Å². The van der Waals surface area contributed by atoms with E-state index in [4.69, 9.17) is 9.47 Å². The molecular formula is C25H33N3O4. The second kappa shape index (κ2) is 11.5. The van der Waals surface area contributed by atoms with Crippen LogP contribution < -0.4 is 25.0 Å². The predicted octanol–water partition coefficient (Wildman–Crippen LogP) is 3.77. The van der Waals surface area contributed by atoms with E-state index in [0.29, 0.717) is 36.4 Å². The van der Waals surface area contributed by atoms with Crippen LogP contribution in [-0.2, 0) is 16.0 Å². The molecule has 172 valence electrons. The maximum absolute atomic E-state index is 12.7. The third kappa shape index (κ3) is 6.01. The van der Waals surface area contributed by atoms with Gasteiger partial charge in [0.05, 0.1) is 14.2 Å². The molecule has 32 heavy (non-hydrogen) atoms. The van der Waals surface area contributed by atoms with Gasteiger partial charge in [-0.25, -0.2) is 0 Å². The lowest BCUT2D eigenvalue weighted by molar-refractivity contribution is -0.119. The van der Waals surface area contributed by atoms with Gasteiger partial charge in [0.15, 0.2) is 11.5 Å². The first kappa shape index (κ1) is 23.6. The molecule has 1 saturated heterocycles. The first-order chi connectivity index (χ1) is 15.5. The van der Waals surface area contributed by atoms with Crippen molar-refractivity contribution in [1.29, 1.82) is 0 Å². The number of benzene rings is 2. The molecule has 0 bridgehead atoms. The summed E-state index contributed by atoms with van der Waals surface area (Å²) < 4.78 is 10.5. The van der Waals surface area contributed by atoms with Crippen LogP contribution in [0.4, 0.5) is 11.4 Å². The van der Waals surface area contributed by atoms with Crippen molar-refractivity contribution in [3.8, 4) is 11.5 Å². The topological polar surface area (TPSA) is 79.9 Å². The fourth-order valence-electron chi connectivity index (χ4n) is 4.04. The number of methoxy groups -OCH3 is 2. The van der Waals surface area contributed by atoms with Crippen LogP contribution in [0.25, 0.3) is 0 Å². The molecule has 0 spiro atoms. The molecule has 1 unspecified atom stereocenters. The molecule has 2 N–H and O–H groups in total. The highest BCUT2D eigenvalue weighted by Crippen LogP contribution is 2.30. The maximum Gasteiger partial charge on any atom is 0.227 e. The monoisotopic (exact) mass is 439 g/mol. The number of carbonyl (C=O) groups excluding carboxylic acids is 2. The van der Waals surface area contributed by atoms with E-state index >= 15 is 0 Å². The quantitative estimate of drug-likeness (QED) is 0.622. The fourth-order valence-corrected chi connectivity index (χ4v) is 4.04. The summed E-state index contributed by atoms with van der Waals surface area (Å²) in [5.74, 6) is 1.22. The lowest BCUT2D eigenvalue weighted by Crippen LogP contribution is -2.48. The van der Waals surface area contributed by atoms with Gasteiger partial charge >= 0.3 is 0 Å². The molecule has 2 aromatic carbocycles. The Morgan fingerprint density at radius 2 is 1.94 bits per heavy atom. The number of anilines is 2. The van der Waals surface area contributed by atoms with Crippen LogP contribution in [0, 0.1) is 0 Å². The molecule has 3 rings (SSSR count). The molecule has 7 heteroatoms. The van der Waals surface area contributed by atoms with E-state index in [0.717, 1.165) is 37.2 Å². The molecule has 0 saturated carbocycles. The van der Waals surface area contributed by atoms with Crippen molar-refractivity contribution in [3.05, 3.63) is 48.0 Å². The van der Waals surface area contributed by atoms with E-state index in [1.807, 2.05) is 36.1 Å². The molecule has 7 nitrogen and oxygen atoms in total. The summed E-state index contributed by atoms with van der Waals surface area (Å²) in [4.78, 5) is 27.1.